The first-order valence-corrected chi connectivity index (χ1v) is 8.88. The van der Waals surface area contributed by atoms with Crippen molar-refractivity contribution in [3.05, 3.63) is 57.0 Å². The lowest BCUT2D eigenvalue weighted by Gasteiger charge is -2.30. The van der Waals surface area contributed by atoms with Gasteiger partial charge in [-0.3, -0.25) is 0 Å². The first-order valence-electron chi connectivity index (χ1n) is 7.63. The molecule has 1 aliphatic carbocycles. The molecule has 23 heavy (non-hydrogen) atoms. The highest BCUT2D eigenvalue weighted by atomic mass is 127. The van der Waals surface area contributed by atoms with E-state index < -0.39 is 0 Å². The molecule has 4 rings (SSSR count). The van der Waals surface area contributed by atoms with Crippen LogP contribution in [0, 0.1) is 19.4 Å². The Morgan fingerprint density at radius 2 is 1.43 bits per heavy atom. The second kappa shape index (κ2) is 4.87. The average molecular weight is 412 g/mol. The molecule has 0 aliphatic heterocycles. The SMILES string of the molecule is C=c1cc(C)c2c3c1ccc1c(=C)cc(C)c(c13)C(N=N)C2I. The highest BCUT2D eigenvalue weighted by Crippen LogP contribution is 2.51. The number of aryl methyl sites for hydroxylation is 2. The second-order valence-corrected chi connectivity index (χ2v) is 7.76. The smallest absolute Gasteiger partial charge is 0.112 e. The molecule has 114 valence electrons. The molecule has 0 bridgehead atoms. The fourth-order valence-corrected chi connectivity index (χ4v) is 5.42. The van der Waals surface area contributed by atoms with Gasteiger partial charge in [-0.1, -0.05) is 60.0 Å². The molecule has 1 N–H and O–H groups in total. The maximum absolute atomic E-state index is 7.78. The minimum Gasteiger partial charge on any atom is -0.209 e. The lowest BCUT2D eigenvalue weighted by atomic mass is 9.79. The van der Waals surface area contributed by atoms with Gasteiger partial charge in [0.15, 0.2) is 0 Å². The van der Waals surface area contributed by atoms with Crippen LogP contribution < -0.4 is 10.4 Å². The van der Waals surface area contributed by atoms with Gasteiger partial charge in [-0.15, -0.1) is 0 Å². The maximum Gasteiger partial charge on any atom is 0.112 e. The third-order valence-electron chi connectivity index (χ3n) is 5.05. The van der Waals surface area contributed by atoms with Crippen molar-refractivity contribution in [1.82, 2.24) is 0 Å². The number of nitrogens with zero attached hydrogens (tertiary/aromatic N) is 1. The molecule has 0 heterocycles. The highest BCUT2D eigenvalue weighted by molar-refractivity contribution is 14.1. The van der Waals surface area contributed by atoms with Gasteiger partial charge in [0, 0.05) is 0 Å². The van der Waals surface area contributed by atoms with E-state index in [-0.39, 0.29) is 9.97 Å². The van der Waals surface area contributed by atoms with Gasteiger partial charge < -0.3 is 0 Å². The van der Waals surface area contributed by atoms with Gasteiger partial charge in [0.1, 0.15) is 6.04 Å². The number of alkyl halides is 1. The summed E-state index contributed by atoms with van der Waals surface area (Å²) in [7, 11) is 0. The van der Waals surface area contributed by atoms with Gasteiger partial charge in [-0.25, -0.2) is 5.53 Å². The summed E-state index contributed by atoms with van der Waals surface area (Å²) in [6.45, 7) is 12.7. The molecule has 3 aromatic rings. The van der Waals surface area contributed by atoms with Crippen molar-refractivity contribution in [2.24, 2.45) is 5.11 Å². The summed E-state index contributed by atoms with van der Waals surface area (Å²) in [5.74, 6) is 0. The molecule has 0 saturated heterocycles. The summed E-state index contributed by atoms with van der Waals surface area (Å²) in [4.78, 5) is 0. The molecule has 2 unspecified atom stereocenters. The van der Waals surface area contributed by atoms with Crippen molar-refractivity contribution >= 4 is 57.3 Å². The van der Waals surface area contributed by atoms with Crippen LogP contribution in [0.25, 0.3) is 34.7 Å². The normalized spacial score (nSPS) is 19.6. The summed E-state index contributed by atoms with van der Waals surface area (Å²) in [5, 5.41) is 11.0. The van der Waals surface area contributed by atoms with E-state index in [0.29, 0.717) is 0 Å². The monoisotopic (exact) mass is 412 g/mol. The number of halogens is 1. The molecule has 0 saturated carbocycles. The Labute approximate surface area is 148 Å². The first kappa shape index (κ1) is 14.8. The van der Waals surface area contributed by atoms with Crippen LogP contribution in [-0.4, -0.2) is 0 Å². The minimum absolute atomic E-state index is 0.133. The molecule has 3 aromatic carbocycles. The summed E-state index contributed by atoms with van der Waals surface area (Å²) in [6.07, 6.45) is 0. The summed E-state index contributed by atoms with van der Waals surface area (Å²) in [6, 6.07) is 8.45. The van der Waals surface area contributed by atoms with E-state index in [2.05, 4.69) is 79.0 Å². The number of rotatable bonds is 1. The molecule has 3 heteroatoms. The number of hydrogen-bond acceptors (Lipinski definition) is 2. The van der Waals surface area contributed by atoms with Crippen molar-refractivity contribution in [2.45, 2.75) is 23.8 Å². The molecule has 0 aromatic heterocycles. The number of hydrogen-bond donors (Lipinski definition) is 1. The predicted octanol–water partition coefficient (Wildman–Crippen LogP) is 4.99. The molecule has 0 amide bonds. The molecular weight excluding hydrogens is 395 g/mol. The molecule has 0 radical (unpaired) electrons. The zero-order chi connectivity index (χ0) is 16.5. The van der Waals surface area contributed by atoms with Gasteiger partial charge in [-0.05, 0) is 68.1 Å². The first-order chi connectivity index (χ1) is 11.0. The predicted molar refractivity (Wildman–Crippen MR) is 106 cm³/mol. The molecule has 1 aliphatic rings. The Bertz CT molecular complexity index is 1110. The highest BCUT2D eigenvalue weighted by Gasteiger charge is 2.33. The lowest BCUT2D eigenvalue weighted by molar-refractivity contribution is 0.663. The van der Waals surface area contributed by atoms with Crippen LogP contribution in [0.3, 0.4) is 0 Å². The number of nitrogens with one attached hydrogen (secondary N) is 1. The topological polar surface area (TPSA) is 36.2 Å². The van der Waals surface area contributed by atoms with Gasteiger partial charge in [0.05, 0.1) is 3.92 Å². The lowest BCUT2D eigenvalue weighted by Crippen LogP contribution is -2.18. The van der Waals surface area contributed by atoms with E-state index in [1.807, 2.05) is 0 Å². The van der Waals surface area contributed by atoms with Crippen molar-refractivity contribution in [1.29, 1.82) is 5.53 Å². The van der Waals surface area contributed by atoms with E-state index in [1.165, 1.54) is 43.8 Å². The fourth-order valence-electron chi connectivity index (χ4n) is 4.10. The Morgan fingerprint density at radius 1 is 0.957 bits per heavy atom. The average Bonchev–Trinajstić information content (AvgIpc) is 2.50. The van der Waals surface area contributed by atoms with Crippen LogP contribution in [-0.2, 0) is 0 Å². The molecule has 2 nitrogen and oxygen atoms in total. The van der Waals surface area contributed by atoms with Gasteiger partial charge in [0.25, 0.3) is 0 Å². The zero-order valence-electron chi connectivity index (χ0n) is 13.2. The van der Waals surface area contributed by atoms with Crippen LogP contribution in [0.1, 0.15) is 32.2 Å². The largest absolute Gasteiger partial charge is 0.209 e. The van der Waals surface area contributed by atoms with Crippen LogP contribution in [0.5, 0.6) is 0 Å². The van der Waals surface area contributed by atoms with Crippen molar-refractivity contribution in [3.8, 4) is 0 Å². The Balaban J connectivity index is 2.46. The van der Waals surface area contributed by atoms with E-state index in [9.17, 15) is 0 Å². The second-order valence-electron chi connectivity index (χ2n) is 6.42. The minimum atomic E-state index is -0.133. The number of benzene rings is 3. The van der Waals surface area contributed by atoms with Crippen molar-refractivity contribution in [3.63, 3.8) is 0 Å². The van der Waals surface area contributed by atoms with Gasteiger partial charge >= 0.3 is 0 Å². The van der Waals surface area contributed by atoms with Gasteiger partial charge in [0.2, 0.25) is 0 Å². The van der Waals surface area contributed by atoms with Crippen molar-refractivity contribution < 1.29 is 0 Å². The molecule has 0 fully saturated rings. The van der Waals surface area contributed by atoms with Crippen LogP contribution in [0.4, 0.5) is 0 Å². The third kappa shape index (κ3) is 1.80. The third-order valence-corrected chi connectivity index (χ3v) is 6.36. The van der Waals surface area contributed by atoms with Crippen LogP contribution in [0.15, 0.2) is 29.4 Å². The molecule has 2 atom stereocenters. The van der Waals surface area contributed by atoms with E-state index >= 15 is 0 Å². The van der Waals surface area contributed by atoms with Gasteiger partial charge in [-0.2, -0.15) is 5.11 Å². The van der Waals surface area contributed by atoms with E-state index in [1.54, 1.807) is 0 Å². The van der Waals surface area contributed by atoms with Crippen LogP contribution >= 0.6 is 22.6 Å². The van der Waals surface area contributed by atoms with Crippen LogP contribution in [0.2, 0.25) is 0 Å². The summed E-state index contributed by atoms with van der Waals surface area (Å²) < 4.78 is 0.167. The Kier molecular flexibility index (Phi) is 3.14. The Hall–Kier alpha value is -1.75. The van der Waals surface area contributed by atoms with E-state index in [0.717, 1.165) is 10.4 Å². The standard InChI is InChI=1S/C20H17IN2/c1-9-7-11(3)15-17-13(9)5-6-14-10(2)8-12(4)16(18(14)17)20(23-22)19(15)21/h5-8,19-20,22H,1-2H2,3-4H3. The quantitative estimate of drug-likeness (QED) is 0.253. The fraction of sp³-hybridized carbons (Fsp3) is 0.200. The summed E-state index contributed by atoms with van der Waals surface area (Å²) >= 11 is 2.45. The molecular formula is C20H17IN2. The Morgan fingerprint density at radius 3 is 1.96 bits per heavy atom. The molecule has 0 spiro atoms. The van der Waals surface area contributed by atoms with Crippen molar-refractivity contribution in [2.75, 3.05) is 0 Å². The summed E-state index contributed by atoms with van der Waals surface area (Å²) in [5.41, 5.74) is 12.7. The maximum atomic E-state index is 7.78. The van der Waals surface area contributed by atoms with E-state index in [4.69, 9.17) is 5.53 Å². The zero-order valence-corrected chi connectivity index (χ0v) is 15.4.